The van der Waals surface area contributed by atoms with Crippen LogP contribution in [0.4, 0.5) is 4.79 Å². The number of nitrogens with one attached hydrogen (secondary N) is 1. The Labute approximate surface area is 266 Å². The van der Waals surface area contributed by atoms with Crippen molar-refractivity contribution in [1.82, 2.24) is 29.3 Å². The van der Waals surface area contributed by atoms with E-state index in [-0.39, 0.29) is 37.9 Å². The Morgan fingerprint density at radius 2 is 1.60 bits per heavy atom. The Bertz CT molecular complexity index is 1430. The standard InChI is InChI=1S/C32H46N6O6S/c1-5-37(6-2)21-14-22-45(41,42)35-28(20-19-26-15-10-8-11-16-26)31-33-29(38(34-31)24-30(39)43-7-3)23-36(4)32(40)44-25-27-17-12-9-13-18-27/h8-13,15-18,28,35H,5-7,14,19-25H2,1-4H3/t28-/m1/s1. The number of esters is 1. The topological polar surface area (TPSA) is 136 Å². The molecule has 0 aliphatic heterocycles. The molecule has 0 saturated heterocycles. The van der Waals surface area contributed by atoms with Gasteiger partial charge in [0, 0.05) is 7.05 Å². The van der Waals surface area contributed by atoms with Gasteiger partial charge in [0.15, 0.2) is 5.82 Å². The van der Waals surface area contributed by atoms with Crippen LogP contribution in [0.2, 0.25) is 0 Å². The number of carbonyl (C=O) groups excluding carboxylic acids is 2. The predicted octanol–water partition coefficient (Wildman–Crippen LogP) is 3.94. The molecule has 1 atom stereocenters. The quantitative estimate of drug-likeness (QED) is 0.193. The van der Waals surface area contributed by atoms with Gasteiger partial charge < -0.3 is 19.3 Å². The summed E-state index contributed by atoms with van der Waals surface area (Å²) in [7, 11) is -2.14. The van der Waals surface area contributed by atoms with Crippen molar-refractivity contribution in [2.45, 2.75) is 65.8 Å². The molecule has 0 saturated carbocycles. The molecule has 1 amide bonds. The van der Waals surface area contributed by atoms with Crippen molar-refractivity contribution in [2.24, 2.45) is 0 Å². The summed E-state index contributed by atoms with van der Waals surface area (Å²) in [6.45, 7) is 8.19. The number of aromatic nitrogens is 3. The second-order valence-electron chi connectivity index (χ2n) is 10.6. The van der Waals surface area contributed by atoms with E-state index in [4.69, 9.17) is 9.47 Å². The zero-order valence-electron chi connectivity index (χ0n) is 26.7. The second-order valence-corrected chi connectivity index (χ2v) is 12.5. The van der Waals surface area contributed by atoms with Crippen molar-refractivity contribution in [3.8, 4) is 0 Å². The number of amides is 1. The van der Waals surface area contributed by atoms with Gasteiger partial charge in [-0.15, -0.1) is 0 Å². The molecule has 0 aliphatic carbocycles. The lowest BCUT2D eigenvalue weighted by Gasteiger charge is -2.19. The summed E-state index contributed by atoms with van der Waals surface area (Å²) >= 11 is 0. The van der Waals surface area contributed by atoms with Crippen molar-refractivity contribution >= 4 is 22.1 Å². The van der Waals surface area contributed by atoms with E-state index in [2.05, 4.69) is 19.7 Å². The number of hydrogen-bond donors (Lipinski definition) is 1. The number of rotatable bonds is 19. The van der Waals surface area contributed by atoms with Gasteiger partial charge in [-0.3, -0.25) is 4.79 Å². The van der Waals surface area contributed by atoms with Crippen LogP contribution in [0.15, 0.2) is 60.7 Å². The number of carbonyl (C=O) groups is 2. The Hall–Kier alpha value is -3.81. The first-order chi connectivity index (χ1) is 21.6. The molecule has 0 bridgehead atoms. The van der Waals surface area contributed by atoms with Gasteiger partial charge in [-0.1, -0.05) is 74.5 Å². The van der Waals surface area contributed by atoms with E-state index in [0.717, 1.165) is 24.2 Å². The van der Waals surface area contributed by atoms with Crippen molar-refractivity contribution in [3.05, 3.63) is 83.4 Å². The van der Waals surface area contributed by atoms with Crippen LogP contribution in [-0.2, 0) is 50.4 Å². The lowest BCUT2D eigenvalue weighted by Crippen LogP contribution is -2.33. The summed E-state index contributed by atoms with van der Waals surface area (Å²) in [5.41, 5.74) is 1.88. The molecule has 0 fully saturated rings. The van der Waals surface area contributed by atoms with Crippen LogP contribution >= 0.6 is 0 Å². The fourth-order valence-corrected chi connectivity index (χ4v) is 5.99. The van der Waals surface area contributed by atoms with Crippen LogP contribution in [0.5, 0.6) is 0 Å². The molecule has 13 heteroatoms. The average Bonchev–Trinajstić information content (AvgIpc) is 3.42. The third-order valence-electron chi connectivity index (χ3n) is 7.22. The van der Waals surface area contributed by atoms with E-state index >= 15 is 0 Å². The normalized spacial score (nSPS) is 12.2. The predicted molar refractivity (Wildman–Crippen MR) is 172 cm³/mol. The maximum absolute atomic E-state index is 13.3. The van der Waals surface area contributed by atoms with Gasteiger partial charge in [0.1, 0.15) is 19.0 Å². The third kappa shape index (κ3) is 12.2. The highest BCUT2D eigenvalue weighted by Crippen LogP contribution is 2.20. The molecule has 0 aliphatic rings. The molecule has 0 unspecified atom stereocenters. The Morgan fingerprint density at radius 1 is 0.956 bits per heavy atom. The molecule has 0 spiro atoms. The summed E-state index contributed by atoms with van der Waals surface area (Å²) in [4.78, 5) is 33.4. The lowest BCUT2D eigenvalue weighted by molar-refractivity contribution is -0.144. The summed E-state index contributed by atoms with van der Waals surface area (Å²) in [6.07, 6.45) is 0.854. The summed E-state index contributed by atoms with van der Waals surface area (Å²) in [6, 6.07) is 18.3. The maximum Gasteiger partial charge on any atom is 0.410 e. The average molecular weight is 643 g/mol. The van der Waals surface area contributed by atoms with Crippen LogP contribution in [-0.4, -0.2) is 84.1 Å². The van der Waals surface area contributed by atoms with Gasteiger partial charge in [0.2, 0.25) is 10.0 Å². The van der Waals surface area contributed by atoms with Gasteiger partial charge in [0.05, 0.1) is 24.9 Å². The molecule has 1 heterocycles. The SMILES string of the molecule is CCOC(=O)Cn1nc([C@@H](CCc2ccccc2)NS(=O)(=O)CCCN(CC)CC)nc1CN(C)C(=O)OCc1ccccc1. The van der Waals surface area contributed by atoms with E-state index in [1.807, 2.05) is 74.5 Å². The number of benzene rings is 2. The minimum Gasteiger partial charge on any atom is -0.465 e. The van der Waals surface area contributed by atoms with Crippen LogP contribution in [0.1, 0.15) is 62.4 Å². The highest BCUT2D eigenvalue weighted by Gasteiger charge is 2.26. The summed E-state index contributed by atoms with van der Waals surface area (Å²) in [5.74, 6) is -0.0638. The molecular formula is C32H46N6O6S. The first-order valence-corrected chi connectivity index (χ1v) is 17.1. The molecule has 3 rings (SSSR count). The molecule has 246 valence electrons. The van der Waals surface area contributed by atoms with Gasteiger partial charge >= 0.3 is 12.1 Å². The number of hydrogen-bond acceptors (Lipinski definition) is 9. The van der Waals surface area contributed by atoms with Crippen molar-refractivity contribution < 1.29 is 27.5 Å². The number of aryl methyl sites for hydroxylation is 1. The largest absolute Gasteiger partial charge is 0.465 e. The van der Waals surface area contributed by atoms with Gasteiger partial charge in [-0.2, -0.15) is 5.10 Å². The molecule has 1 aromatic heterocycles. The summed E-state index contributed by atoms with van der Waals surface area (Å²) in [5, 5.41) is 4.56. The smallest absolute Gasteiger partial charge is 0.410 e. The molecule has 2 aromatic carbocycles. The lowest BCUT2D eigenvalue weighted by atomic mass is 10.1. The molecule has 3 aromatic rings. The van der Waals surface area contributed by atoms with Crippen LogP contribution in [0.3, 0.4) is 0 Å². The zero-order valence-corrected chi connectivity index (χ0v) is 27.5. The zero-order chi connectivity index (χ0) is 32.7. The van der Waals surface area contributed by atoms with E-state index in [1.54, 1.807) is 14.0 Å². The second kappa shape index (κ2) is 18.2. The Kier molecular flexibility index (Phi) is 14.4. The maximum atomic E-state index is 13.3. The van der Waals surface area contributed by atoms with Crippen LogP contribution in [0.25, 0.3) is 0 Å². The van der Waals surface area contributed by atoms with Crippen molar-refractivity contribution in [2.75, 3.05) is 39.0 Å². The van der Waals surface area contributed by atoms with Gasteiger partial charge in [-0.05, 0) is 56.9 Å². The Balaban J connectivity index is 1.83. The molecule has 12 nitrogen and oxygen atoms in total. The minimum absolute atomic E-state index is 0.0257. The molecule has 1 N–H and O–H groups in total. The van der Waals surface area contributed by atoms with E-state index in [1.165, 1.54) is 9.58 Å². The fourth-order valence-electron chi connectivity index (χ4n) is 4.71. The molecule has 0 radical (unpaired) electrons. The van der Waals surface area contributed by atoms with E-state index in [0.29, 0.717) is 31.6 Å². The monoisotopic (exact) mass is 642 g/mol. The van der Waals surface area contributed by atoms with Crippen molar-refractivity contribution in [1.29, 1.82) is 0 Å². The first kappa shape index (κ1) is 35.7. The van der Waals surface area contributed by atoms with E-state index in [9.17, 15) is 18.0 Å². The minimum atomic E-state index is -3.69. The number of sulfonamides is 1. The van der Waals surface area contributed by atoms with Crippen LogP contribution < -0.4 is 4.72 Å². The Morgan fingerprint density at radius 3 is 2.22 bits per heavy atom. The van der Waals surface area contributed by atoms with Crippen LogP contribution in [0, 0.1) is 0 Å². The van der Waals surface area contributed by atoms with Gasteiger partial charge in [0.25, 0.3) is 0 Å². The molecular weight excluding hydrogens is 596 g/mol. The number of nitrogens with zero attached hydrogens (tertiary/aromatic N) is 5. The summed E-state index contributed by atoms with van der Waals surface area (Å²) < 4.78 is 41.3. The first-order valence-electron chi connectivity index (χ1n) is 15.4. The third-order valence-corrected chi connectivity index (χ3v) is 8.69. The molecule has 45 heavy (non-hydrogen) atoms. The van der Waals surface area contributed by atoms with Gasteiger partial charge in [-0.25, -0.2) is 27.6 Å². The number of ether oxygens (including phenoxy) is 2. The highest BCUT2D eigenvalue weighted by atomic mass is 32.2. The highest BCUT2D eigenvalue weighted by molar-refractivity contribution is 7.89. The van der Waals surface area contributed by atoms with E-state index < -0.39 is 28.1 Å². The van der Waals surface area contributed by atoms with Crippen molar-refractivity contribution in [3.63, 3.8) is 0 Å². The fraction of sp³-hybridized carbons (Fsp3) is 0.500.